The lowest BCUT2D eigenvalue weighted by molar-refractivity contribution is -0.149. The smallest absolute Gasteiger partial charge is 0.407 e. The fourth-order valence-electron chi connectivity index (χ4n) is 4.93. The third-order valence-corrected chi connectivity index (χ3v) is 6.79. The largest absolute Gasteiger partial charge is 0.479 e. The minimum atomic E-state index is -1.03. The number of rotatable bonds is 10. The highest BCUT2D eigenvalue weighted by Crippen LogP contribution is 2.44. The summed E-state index contributed by atoms with van der Waals surface area (Å²) in [5, 5.41) is 14.8. The minimum absolute atomic E-state index is 0.0635. The number of unbranched alkanes of at least 4 members (excludes halogenated alkanes) is 1. The second-order valence-corrected chi connectivity index (χ2v) is 9.09. The molecule has 2 aromatic rings. The van der Waals surface area contributed by atoms with Crippen LogP contribution in [0.4, 0.5) is 4.79 Å². The number of amides is 2. The molecule has 0 saturated carbocycles. The molecule has 0 spiro atoms. The Morgan fingerprint density at radius 1 is 1.09 bits per heavy atom. The number of fused-ring (bicyclic) bond motifs is 3. The number of nitrogens with one attached hydrogen (secondary N) is 2. The fraction of sp³-hybridized carbons (Fsp3) is 0.444. The van der Waals surface area contributed by atoms with Crippen molar-refractivity contribution >= 4 is 18.0 Å². The van der Waals surface area contributed by atoms with E-state index in [1.165, 1.54) is 0 Å². The summed E-state index contributed by atoms with van der Waals surface area (Å²) in [4.78, 5) is 36.8. The van der Waals surface area contributed by atoms with Crippen LogP contribution in [0.15, 0.2) is 48.5 Å². The molecule has 2 aromatic carbocycles. The predicted molar refractivity (Wildman–Crippen MR) is 130 cm³/mol. The molecule has 1 fully saturated rings. The van der Waals surface area contributed by atoms with Gasteiger partial charge in [-0.15, -0.1) is 0 Å². The predicted octanol–water partition coefficient (Wildman–Crippen LogP) is 3.69. The van der Waals surface area contributed by atoms with Crippen molar-refractivity contribution in [3.8, 4) is 11.1 Å². The van der Waals surface area contributed by atoms with E-state index in [0.717, 1.165) is 35.1 Å². The number of hydrogen-bond donors (Lipinski definition) is 3. The zero-order chi connectivity index (χ0) is 24.8. The molecule has 0 radical (unpaired) electrons. The summed E-state index contributed by atoms with van der Waals surface area (Å²) in [5.41, 5.74) is 4.53. The molecule has 1 aliphatic carbocycles. The maximum Gasteiger partial charge on any atom is 0.407 e. The molecule has 0 bridgehead atoms. The van der Waals surface area contributed by atoms with Crippen LogP contribution in [0, 0.1) is 5.92 Å². The molecule has 8 heteroatoms. The topological polar surface area (TPSA) is 114 Å². The van der Waals surface area contributed by atoms with Gasteiger partial charge in [-0.1, -0.05) is 68.3 Å². The van der Waals surface area contributed by atoms with E-state index in [1.54, 1.807) is 0 Å². The van der Waals surface area contributed by atoms with Crippen molar-refractivity contribution in [1.82, 2.24) is 10.6 Å². The number of aliphatic carboxylic acids is 1. The third-order valence-electron chi connectivity index (χ3n) is 6.79. The highest BCUT2D eigenvalue weighted by molar-refractivity contribution is 5.86. The average molecular weight is 481 g/mol. The third kappa shape index (κ3) is 5.65. The van der Waals surface area contributed by atoms with Crippen molar-refractivity contribution in [3.63, 3.8) is 0 Å². The van der Waals surface area contributed by atoms with E-state index in [0.29, 0.717) is 19.4 Å². The Kier molecular flexibility index (Phi) is 8.02. The molecule has 4 rings (SSSR count). The Bertz CT molecular complexity index is 1030. The first-order chi connectivity index (χ1) is 17.0. The molecule has 1 heterocycles. The van der Waals surface area contributed by atoms with E-state index in [9.17, 15) is 19.5 Å². The Balaban J connectivity index is 1.35. The Hall–Kier alpha value is -3.39. The van der Waals surface area contributed by atoms with Crippen molar-refractivity contribution in [3.05, 3.63) is 59.7 Å². The van der Waals surface area contributed by atoms with Crippen LogP contribution in [0.2, 0.25) is 0 Å². The maximum atomic E-state index is 12.8. The van der Waals surface area contributed by atoms with Crippen molar-refractivity contribution < 1.29 is 29.0 Å². The molecule has 35 heavy (non-hydrogen) atoms. The minimum Gasteiger partial charge on any atom is -0.479 e. The molecule has 1 aliphatic heterocycles. The molecule has 8 nitrogen and oxygen atoms in total. The zero-order valence-corrected chi connectivity index (χ0v) is 19.9. The van der Waals surface area contributed by atoms with Crippen LogP contribution in [0.25, 0.3) is 11.1 Å². The van der Waals surface area contributed by atoms with Gasteiger partial charge in [0.2, 0.25) is 5.91 Å². The van der Waals surface area contributed by atoms with E-state index in [1.807, 2.05) is 31.2 Å². The quantitative estimate of drug-likeness (QED) is 0.478. The van der Waals surface area contributed by atoms with Crippen LogP contribution >= 0.6 is 0 Å². The van der Waals surface area contributed by atoms with Gasteiger partial charge in [0.1, 0.15) is 12.6 Å². The van der Waals surface area contributed by atoms with Crippen molar-refractivity contribution in [2.24, 2.45) is 5.92 Å². The number of ether oxygens (including phenoxy) is 2. The average Bonchev–Trinajstić information content (AvgIpc) is 3.47. The van der Waals surface area contributed by atoms with Gasteiger partial charge >= 0.3 is 12.1 Å². The summed E-state index contributed by atoms with van der Waals surface area (Å²) < 4.78 is 10.8. The van der Waals surface area contributed by atoms with Crippen LogP contribution in [-0.2, 0) is 19.1 Å². The highest BCUT2D eigenvalue weighted by Gasteiger charge is 2.35. The first-order valence-electron chi connectivity index (χ1n) is 12.2. The number of hydrogen-bond acceptors (Lipinski definition) is 5. The summed E-state index contributed by atoms with van der Waals surface area (Å²) in [7, 11) is 0. The lowest BCUT2D eigenvalue weighted by Gasteiger charge is -2.21. The van der Waals surface area contributed by atoms with Gasteiger partial charge in [0, 0.05) is 25.0 Å². The number of alkyl carbamates (subject to hydrolysis) is 1. The first-order valence-corrected chi connectivity index (χ1v) is 12.2. The standard InChI is InChI=1S/C27H32N2O6/c1-2-3-12-23(25(30)28-15-17-13-14-34-24(17)26(31)32)29-27(33)35-16-22-20-10-6-4-8-18(20)19-9-5-7-11-21(19)22/h4-11,17,22-24H,2-3,12-16H2,1H3,(H,28,30)(H,29,33)(H,31,32)/t17-,23-,24-/m0/s1. The Labute approximate surface area is 205 Å². The molecule has 2 aliphatic rings. The van der Waals surface area contributed by atoms with E-state index >= 15 is 0 Å². The van der Waals surface area contributed by atoms with Gasteiger partial charge in [-0.3, -0.25) is 4.79 Å². The van der Waals surface area contributed by atoms with Gasteiger partial charge in [0.25, 0.3) is 0 Å². The molecule has 0 aromatic heterocycles. The number of carboxylic acids is 1. The number of carbonyl (C=O) groups is 3. The van der Waals surface area contributed by atoms with Crippen molar-refractivity contribution in [2.75, 3.05) is 19.8 Å². The Morgan fingerprint density at radius 2 is 1.74 bits per heavy atom. The number of carbonyl (C=O) groups excluding carboxylic acids is 2. The first kappa shape index (κ1) is 24.7. The zero-order valence-electron chi connectivity index (χ0n) is 19.9. The summed E-state index contributed by atoms with van der Waals surface area (Å²) >= 11 is 0. The fourth-order valence-corrected chi connectivity index (χ4v) is 4.93. The molecule has 1 saturated heterocycles. The molecule has 2 amide bonds. The number of benzene rings is 2. The molecule has 186 valence electrons. The maximum absolute atomic E-state index is 12.8. The van der Waals surface area contributed by atoms with Crippen molar-refractivity contribution in [2.45, 2.75) is 50.7 Å². The summed E-state index contributed by atoms with van der Waals surface area (Å²) in [6.07, 6.45) is 1.10. The van der Waals surface area contributed by atoms with Gasteiger partial charge in [0.15, 0.2) is 6.10 Å². The second kappa shape index (κ2) is 11.4. The van der Waals surface area contributed by atoms with Crippen LogP contribution < -0.4 is 10.6 Å². The lowest BCUT2D eigenvalue weighted by atomic mass is 9.98. The lowest BCUT2D eigenvalue weighted by Crippen LogP contribution is -2.48. The molecule has 3 N–H and O–H groups in total. The van der Waals surface area contributed by atoms with Crippen molar-refractivity contribution in [1.29, 1.82) is 0 Å². The molecule has 0 unspecified atom stereocenters. The summed E-state index contributed by atoms with van der Waals surface area (Å²) in [6.45, 7) is 2.72. The van der Waals surface area contributed by atoms with Crippen LogP contribution in [0.3, 0.4) is 0 Å². The summed E-state index contributed by atoms with van der Waals surface area (Å²) in [6, 6.07) is 15.5. The van der Waals surface area contributed by atoms with Gasteiger partial charge in [-0.05, 0) is 35.1 Å². The van der Waals surface area contributed by atoms with E-state index in [2.05, 4.69) is 34.9 Å². The van der Waals surface area contributed by atoms with Crippen LogP contribution in [0.5, 0.6) is 0 Å². The number of carboxylic acid groups (broad SMARTS) is 1. The van der Waals surface area contributed by atoms with Crippen LogP contribution in [-0.4, -0.2) is 55.0 Å². The molecular weight excluding hydrogens is 448 g/mol. The normalized spacial score (nSPS) is 19.5. The van der Waals surface area contributed by atoms with E-state index in [-0.39, 0.29) is 30.9 Å². The Morgan fingerprint density at radius 3 is 2.37 bits per heavy atom. The molecular formula is C27H32N2O6. The summed E-state index contributed by atoms with van der Waals surface area (Å²) in [5.74, 6) is -1.73. The molecule has 3 atom stereocenters. The van der Waals surface area contributed by atoms with Gasteiger partial charge < -0.3 is 25.2 Å². The second-order valence-electron chi connectivity index (χ2n) is 9.09. The van der Waals surface area contributed by atoms with Gasteiger partial charge in [-0.25, -0.2) is 9.59 Å². The monoisotopic (exact) mass is 480 g/mol. The van der Waals surface area contributed by atoms with Crippen LogP contribution in [0.1, 0.15) is 49.7 Å². The van der Waals surface area contributed by atoms with E-state index < -0.39 is 24.2 Å². The highest BCUT2D eigenvalue weighted by atomic mass is 16.5. The van der Waals surface area contributed by atoms with Gasteiger partial charge in [-0.2, -0.15) is 0 Å². The van der Waals surface area contributed by atoms with Gasteiger partial charge in [0.05, 0.1) is 0 Å². The SMILES string of the molecule is CCCC[C@H](NC(=O)OCC1c2ccccc2-c2ccccc21)C(=O)NC[C@@H]1CCO[C@@H]1C(=O)O. The van der Waals surface area contributed by atoms with E-state index in [4.69, 9.17) is 9.47 Å².